The van der Waals surface area contributed by atoms with Crippen molar-refractivity contribution >= 4 is 15.7 Å². The van der Waals surface area contributed by atoms with Gasteiger partial charge in [0.25, 0.3) is 0 Å². The van der Waals surface area contributed by atoms with Gasteiger partial charge in [-0.1, -0.05) is 20.8 Å². The summed E-state index contributed by atoms with van der Waals surface area (Å²) in [5.74, 6) is 0.267. The third kappa shape index (κ3) is 3.71. The van der Waals surface area contributed by atoms with Crippen molar-refractivity contribution < 1.29 is 8.42 Å². The van der Waals surface area contributed by atoms with Crippen LogP contribution in [-0.2, 0) is 10.0 Å². The normalized spacial score (nSPS) is 13.9. The van der Waals surface area contributed by atoms with Crippen LogP contribution in [-0.4, -0.2) is 14.5 Å². The van der Waals surface area contributed by atoms with Crippen molar-refractivity contribution in [2.24, 2.45) is 5.92 Å². The number of anilines is 1. The Morgan fingerprint density at radius 2 is 1.76 bits per heavy atom. The molecule has 0 bridgehead atoms. The fourth-order valence-electron chi connectivity index (χ4n) is 1.61. The molecule has 0 fully saturated rings. The van der Waals surface area contributed by atoms with Gasteiger partial charge in [-0.15, -0.1) is 0 Å². The summed E-state index contributed by atoms with van der Waals surface area (Å²) in [5, 5.41) is 0. The zero-order chi connectivity index (χ0) is 13.1. The Hall–Kier alpha value is -1.07. The monoisotopic (exact) mass is 256 g/mol. The Balaban J connectivity index is 2.92. The molecule has 5 heteroatoms. The van der Waals surface area contributed by atoms with Crippen LogP contribution < -0.4 is 10.5 Å². The summed E-state index contributed by atoms with van der Waals surface area (Å²) < 4.78 is 26.8. The van der Waals surface area contributed by atoms with Crippen molar-refractivity contribution in [1.82, 2.24) is 4.72 Å². The molecule has 1 unspecified atom stereocenters. The van der Waals surface area contributed by atoms with Crippen LogP contribution in [0.5, 0.6) is 0 Å². The molecule has 0 aliphatic heterocycles. The minimum absolute atomic E-state index is 0.0439. The highest BCUT2D eigenvalue weighted by atomic mass is 32.2. The Morgan fingerprint density at radius 3 is 2.18 bits per heavy atom. The predicted molar refractivity (Wildman–Crippen MR) is 70.1 cm³/mol. The summed E-state index contributed by atoms with van der Waals surface area (Å²) in [4.78, 5) is 0.255. The second kappa shape index (κ2) is 5.51. The Labute approximate surface area is 103 Å². The third-order valence-electron chi connectivity index (χ3n) is 2.74. The van der Waals surface area contributed by atoms with Crippen molar-refractivity contribution in [2.75, 3.05) is 5.73 Å². The first-order valence-electron chi connectivity index (χ1n) is 5.74. The summed E-state index contributed by atoms with van der Waals surface area (Å²) in [6.45, 7) is 5.97. The number of hydrogen-bond donors (Lipinski definition) is 2. The van der Waals surface area contributed by atoms with E-state index in [1.807, 2.05) is 20.8 Å². The Morgan fingerprint density at radius 1 is 1.24 bits per heavy atom. The van der Waals surface area contributed by atoms with Crippen molar-refractivity contribution in [3.05, 3.63) is 24.3 Å². The average molecular weight is 256 g/mol. The molecular formula is C12H20N2O2S. The lowest BCUT2D eigenvalue weighted by Crippen LogP contribution is -2.37. The Bertz CT molecular complexity index is 452. The topological polar surface area (TPSA) is 72.2 Å². The first-order valence-corrected chi connectivity index (χ1v) is 7.23. The fraction of sp³-hybridized carbons (Fsp3) is 0.500. The van der Waals surface area contributed by atoms with Gasteiger partial charge in [-0.3, -0.25) is 0 Å². The third-order valence-corrected chi connectivity index (χ3v) is 4.25. The van der Waals surface area contributed by atoms with Crippen LogP contribution in [0.4, 0.5) is 5.69 Å². The quantitative estimate of drug-likeness (QED) is 0.791. The molecule has 0 aliphatic rings. The van der Waals surface area contributed by atoms with E-state index in [9.17, 15) is 8.42 Å². The van der Waals surface area contributed by atoms with Crippen LogP contribution in [0, 0.1) is 5.92 Å². The van der Waals surface area contributed by atoms with Crippen LogP contribution in [0.3, 0.4) is 0 Å². The van der Waals surface area contributed by atoms with Gasteiger partial charge in [0.15, 0.2) is 0 Å². The van der Waals surface area contributed by atoms with E-state index >= 15 is 0 Å². The van der Waals surface area contributed by atoms with E-state index < -0.39 is 10.0 Å². The van der Waals surface area contributed by atoms with Crippen LogP contribution in [0.1, 0.15) is 27.2 Å². The zero-order valence-electron chi connectivity index (χ0n) is 10.5. The minimum atomic E-state index is -3.44. The van der Waals surface area contributed by atoms with Gasteiger partial charge in [0.1, 0.15) is 0 Å². The standard InChI is InChI=1S/C12H20N2O2S/c1-4-12(9(2)3)14-17(15,16)11-7-5-10(13)6-8-11/h5-9,12,14H,4,13H2,1-3H3. The molecule has 0 saturated heterocycles. The highest BCUT2D eigenvalue weighted by Gasteiger charge is 2.20. The lowest BCUT2D eigenvalue weighted by molar-refractivity contribution is 0.437. The lowest BCUT2D eigenvalue weighted by atomic mass is 10.0. The smallest absolute Gasteiger partial charge is 0.240 e. The number of nitrogens with one attached hydrogen (secondary N) is 1. The number of rotatable bonds is 5. The summed E-state index contributed by atoms with van der Waals surface area (Å²) in [7, 11) is -3.44. The number of benzene rings is 1. The summed E-state index contributed by atoms with van der Waals surface area (Å²) in [6, 6.07) is 6.17. The van der Waals surface area contributed by atoms with Crippen molar-refractivity contribution in [3.63, 3.8) is 0 Å². The molecule has 0 aliphatic carbocycles. The molecule has 1 aromatic rings. The van der Waals surface area contributed by atoms with E-state index in [0.29, 0.717) is 5.69 Å². The van der Waals surface area contributed by atoms with E-state index in [0.717, 1.165) is 6.42 Å². The van der Waals surface area contributed by atoms with Crippen molar-refractivity contribution in [2.45, 2.75) is 38.1 Å². The van der Waals surface area contributed by atoms with Crippen LogP contribution in [0.2, 0.25) is 0 Å². The summed E-state index contributed by atoms with van der Waals surface area (Å²) >= 11 is 0. The Kier molecular flexibility index (Phi) is 4.54. The van der Waals surface area contributed by atoms with Gasteiger partial charge < -0.3 is 5.73 Å². The van der Waals surface area contributed by atoms with Crippen LogP contribution in [0.15, 0.2) is 29.2 Å². The molecule has 4 nitrogen and oxygen atoms in total. The lowest BCUT2D eigenvalue weighted by Gasteiger charge is -2.20. The first-order chi connectivity index (χ1) is 7.86. The van der Waals surface area contributed by atoms with Crippen LogP contribution in [0.25, 0.3) is 0 Å². The second-order valence-corrected chi connectivity index (χ2v) is 6.16. The number of nitrogens with two attached hydrogens (primary N) is 1. The maximum Gasteiger partial charge on any atom is 0.240 e. The largest absolute Gasteiger partial charge is 0.399 e. The molecule has 1 rings (SSSR count). The average Bonchev–Trinajstić information content (AvgIpc) is 2.26. The van der Waals surface area contributed by atoms with Gasteiger partial charge in [0.05, 0.1) is 4.90 Å². The van der Waals surface area contributed by atoms with Crippen LogP contribution >= 0.6 is 0 Å². The van der Waals surface area contributed by atoms with E-state index in [4.69, 9.17) is 5.73 Å². The maximum absolute atomic E-state index is 12.1. The van der Waals surface area contributed by atoms with E-state index in [2.05, 4.69) is 4.72 Å². The van der Waals surface area contributed by atoms with Crippen molar-refractivity contribution in [1.29, 1.82) is 0 Å². The zero-order valence-corrected chi connectivity index (χ0v) is 11.3. The number of nitrogen functional groups attached to an aromatic ring is 1. The molecule has 0 saturated carbocycles. The van der Waals surface area contributed by atoms with E-state index in [1.165, 1.54) is 12.1 Å². The molecule has 3 N–H and O–H groups in total. The second-order valence-electron chi connectivity index (χ2n) is 4.45. The highest BCUT2D eigenvalue weighted by molar-refractivity contribution is 7.89. The molecule has 0 spiro atoms. The van der Waals surface area contributed by atoms with E-state index in [-0.39, 0.29) is 16.9 Å². The molecule has 1 aromatic carbocycles. The van der Waals surface area contributed by atoms with E-state index in [1.54, 1.807) is 12.1 Å². The molecular weight excluding hydrogens is 236 g/mol. The summed E-state index contributed by atoms with van der Waals surface area (Å²) in [6.07, 6.45) is 0.770. The fourth-order valence-corrected chi connectivity index (χ4v) is 3.07. The molecule has 1 atom stereocenters. The van der Waals surface area contributed by atoms with Gasteiger partial charge in [0, 0.05) is 11.7 Å². The predicted octanol–water partition coefficient (Wildman–Crippen LogP) is 1.98. The molecule has 0 amide bonds. The molecule has 0 heterocycles. The van der Waals surface area contributed by atoms with Crippen molar-refractivity contribution in [3.8, 4) is 0 Å². The van der Waals surface area contributed by atoms with Gasteiger partial charge >= 0.3 is 0 Å². The molecule has 17 heavy (non-hydrogen) atoms. The minimum Gasteiger partial charge on any atom is -0.399 e. The SMILES string of the molecule is CCC(NS(=O)(=O)c1ccc(N)cc1)C(C)C. The molecule has 96 valence electrons. The number of sulfonamides is 1. The van der Waals surface area contributed by atoms with Gasteiger partial charge in [0.2, 0.25) is 10.0 Å². The van der Waals surface area contributed by atoms with Gasteiger partial charge in [-0.25, -0.2) is 13.1 Å². The van der Waals surface area contributed by atoms with Gasteiger partial charge in [-0.05, 0) is 36.6 Å². The summed E-state index contributed by atoms with van der Waals surface area (Å²) in [5.41, 5.74) is 6.09. The molecule has 0 radical (unpaired) electrons. The highest BCUT2D eigenvalue weighted by Crippen LogP contribution is 2.14. The maximum atomic E-state index is 12.1. The number of hydrogen-bond acceptors (Lipinski definition) is 3. The first kappa shape index (κ1) is 14.0. The van der Waals surface area contributed by atoms with Gasteiger partial charge in [-0.2, -0.15) is 0 Å². The molecule has 0 aromatic heterocycles.